The summed E-state index contributed by atoms with van der Waals surface area (Å²) < 4.78 is 17.6. The van der Waals surface area contributed by atoms with Crippen LogP contribution in [0.25, 0.3) is 0 Å². The third-order valence-electron chi connectivity index (χ3n) is 2.62. The van der Waals surface area contributed by atoms with Gasteiger partial charge < -0.3 is 19.5 Å². The molecule has 1 fully saturated rings. The van der Waals surface area contributed by atoms with Crippen LogP contribution in [0.15, 0.2) is 28.7 Å². The lowest BCUT2D eigenvalue weighted by Gasteiger charge is -2.23. The van der Waals surface area contributed by atoms with Crippen molar-refractivity contribution in [1.29, 1.82) is 0 Å². The van der Waals surface area contributed by atoms with Crippen molar-refractivity contribution in [2.45, 2.75) is 6.10 Å². The Kier molecular flexibility index (Phi) is 5.93. The molecule has 1 aliphatic rings. The maximum atomic E-state index is 5.55. The van der Waals surface area contributed by atoms with E-state index in [4.69, 9.17) is 14.2 Å². The number of hydrogen-bond acceptors (Lipinski definition) is 4. The molecule has 18 heavy (non-hydrogen) atoms. The van der Waals surface area contributed by atoms with Gasteiger partial charge in [-0.2, -0.15) is 0 Å². The van der Waals surface area contributed by atoms with E-state index in [9.17, 15) is 0 Å². The van der Waals surface area contributed by atoms with Crippen molar-refractivity contribution in [2.75, 3.05) is 39.5 Å². The Morgan fingerprint density at radius 3 is 2.83 bits per heavy atom. The highest BCUT2D eigenvalue weighted by Gasteiger charge is 2.12. The van der Waals surface area contributed by atoms with Gasteiger partial charge in [0, 0.05) is 17.6 Å². The number of ether oxygens (including phenoxy) is 3. The van der Waals surface area contributed by atoms with E-state index in [1.165, 1.54) is 0 Å². The van der Waals surface area contributed by atoms with E-state index in [1.807, 2.05) is 24.3 Å². The summed E-state index contributed by atoms with van der Waals surface area (Å²) in [5.41, 5.74) is 0. The molecule has 0 spiro atoms. The Bertz CT molecular complexity index is 339. The van der Waals surface area contributed by atoms with Crippen LogP contribution < -0.4 is 10.1 Å². The van der Waals surface area contributed by atoms with E-state index in [2.05, 4.69) is 21.2 Å². The minimum Gasteiger partial charge on any atom is -0.491 e. The standard InChI is InChI=1S/C13H18BrNO3/c14-11-1-3-12(4-2-11)18-8-7-16-10-13-9-15-5-6-17-13/h1-4,13,15H,5-10H2. The first kappa shape index (κ1) is 13.8. The van der Waals surface area contributed by atoms with E-state index in [1.54, 1.807) is 0 Å². The van der Waals surface area contributed by atoms with Crippen LogP contribution in [-0.2, 0) is 9.47 Å². The first-order chi connectivity index (χ1) is 8.84. The molecule has 2 rings (SSSR count). The zero-order chi connectivity index (χ0) is 12.6. The number of halogens is 1. The average molecular weight is 316 g/mol. The van der Waals surface area contributed by atoms with Crippen LogP contribution in [-0.4, -0.2) is 45.6 Å². The molecule has 0 aliphatic carbocycles. The molecule has 1 saturated heterocycles. The molecule has 5 heteroatoms. The molecule has 1 aromatic carbocycles. The lowest BCUT2D eigenvalue weighted by atomic mass is 10.3. The van der Waals surface area contributed by atoms with Gasteiger partial charge in [-0.1, -0.05) is 15.9 Å². The summed E-state index contributed by atoms with van der Waals surface area (Å²) in [6.45, 7) is 4.33. The minimum absolute atomic E-state index is 0.173. The van der Waals surface area contributed by atoms with Crippen LogP contribution in [0.4, 0.5) is 0 Å². The number of nitrogens with one attached hydrogen (secondary N) is 1. The second-order valence-electron chi connectivity index (χ2n) is 4.07. The summed E-state index contributed by atoms with van der Waals surface area (Å²) in [4.78, 5) is 0. The van der Waals surface area contributed by atoms with Crippen molar-refractivity contribution in [3.63, 3.8) is 0 Å². The lowest BCUT2D eigenvalue weighted by Crippen LogP contribution is -2.41. The van der Waals surface area contributed by atoms with Crippen LogP contribution in [0.5, 0.6) is 5.75 Å². The van der Waals surface area contributed by atoms with Crippen molar-refractivity contribution in [2.24, 2.45) is 0 Å². The molecule has 1 N–H and O–H groups in total. The van der Waals surface area contributed by atoms with Crippen LogP contribution in [0.3, 0.4) is 0 Å². The van der Waals surface area contributed by atoms with Crippen LogP contribution in [0.1, 0.15) is 0 Å². The molecule has 4 nitrogen and oxygen atoms in total. The Morgan fingerprint density at radius 1 is 1.28 bits per heavy atom. The number of hydrogen-bond donors (Lipinski definition) is 1. The van der Waals surface area contributed by atoms with Gasteiger partial charge in [-0.3, -0.25) is 0 Å². The maximum Gasteiger partial charge on any atom is 0.119 e. The van der Waals surface area contributed by atoms with Crippen molar-refractivity contribution in [3.05, 3.63) is 28.7 Å². The van der Waals surface area contributed by atoms with Gasteiger partial charge in [-0.25, -0.2) is 0 Å². The second kappa shape index (κ2) is 7.74. The summed E-state index contributed by atoms with van der Waals surface area (Å²) >= 11 is 3.38. The Morgan fingerprint density at radius 2 is 2.11 bits per heavy atom. The first-order valence-corrected chi connectivity index (χ1v) is 6.92. The third-order valence-corrected chi connectivity index (χ3v) is 3.15. The molecular formula is C13H18BrNO3. The van der Waals surface area contributed by atoms with Gasteiger partial charge in [0.15, 0.2) is 0 Å². The lowest BCUT2D eigenvalue weighted by molar-refractivity contribution is -0.0356. The molecule has 1 atom stereocenters. The fourth-order valence-corrected chi connectivity index (χ4v) is 1.96. The molecule has 1 heterocycles. The van der Waals surface area contributed by atoms with Gasteiger partial charge in [0.05, 0.1) is 25.9 Å². The average Bonchev–Trinajstić information content (AvgIpc) is 2.42. The summed E-state index contributed by atoms with van der Waals surface area (Å²) in [6.07, 6.45) is 0.173. The zero-order valence-electron chi connectivity index (χ0n) is 10.2. The summed E-state index contributed by atoms with van der Waals surface area (Å²) in [5.74, 6) is 0.859. The molecule has 1 aromatic rings. The molecule has 0 bridgehead atoms. The van der Waals surface area contributed by atoms with E-state index in [-0.39, 0.29) is 6.10 Å². The summed E-state index contributed by atoms with van der Waals surface area (Å²) in [5, 5.41) is 3.27. The van der Waals surface area contributed by atoms with Gasteiger partial charge in [-0.15, -0.1) is 0 Å². The quantitative estimate of drug-likeness (QED) is 0.813. The highest BCUT2D eigenvalue weighted by Crippen LogP contribution is 2.15. The highest BCUT2D eigenvalue weighted by molar-refractivity contribution is 9.10. The predicted octanol–water partition coefficient (Wildman–Crippen LogP) is 1.83. The van der Waals surface area contributed by atoms with Crippen LogP contribution >= 0.6 is 15.9 Å². The molecule has 100 valence electrons. The molecule has 1 aliphatic heterocycles. The molecule has 0 saturated carbocycles. The second-order valence-corrected chi connectivity index (χ2v) is 4.99. The van der Waals surface area contributed by atoms with Crippen LogP contribution in [0.2, 0.25) is 0 Å². The molecule has 0 radical (unpaired) electrons. The third kappa shape index (κ3) is 4.94. The fraction of sp³-hybridized carbons (Fsp3) is 0.538. The molecular weight excluding hydrogens is 298 g/mol. The minimum atomic E-state index is 0.173. The zero-order valence-corrected chi connectivity index (χ0v) is 11.8. The maximum absolute atomic E-state index is 5.55. The van der Waals surface area contributed by atoms with Crippen molar-refractivity contribution < 1.29 is 14.2 Å². The molecule has 0 aromatic heterocycles. The van der Waals surface area contributed by atoms with Gasteiger partial charge >= 0.3 is 0 Å². The fourth-order valence-electron chi connectivity index (χ4n) is 1.69. The Hall–Kier alpha value is -0.620. The van der Waals surface area contributed by atoms with Crippen molar-refractivity contribution in [3.8, 4) is 5.75 Å². The molecule has 0 amide bonds. The van der Waals surface area contributed by atoms with Gasteiger partial charge in [0.2, 0.25) is 0 Å². The predicted molar refractivity (Wildman–Crippen MR) is 73.1 cm³/mol. The number of morpholine rings is 1. The van der Waals surface area contributed by atoms with Gasteiger partial charge in [0.25, 0.3) is 0 Å². The normalized spacial score (nSPS) is 19.7. The topological polar surface area (TPSA) is 39.7 Å². The van der Waals surface area contributed by atoms with E-state index in [0.29, 0.717) is 19.8 Å². The monoisotopic (exact) mass is 315 g/mol. The van der Waals surface area contributed by atoms with Gasteiger partial charge in [-0.05, 0) is 24.3 Å². The number of rotatable bonds is 6. The van der Waals surface area contributed by atoms with Gasteiger partial charge in [0.1, 0.15) is 12.4 Å². The largest absolute Gasteiger partial charge is 0.491 e. The summed E-state index contributed by atoms with van der Waals surface area (Å²) in [6, 6.07) is 7.77. The molecule has 1 unspecified atom stereocenters. The van der Waals surface area contributed by atoms with Crippen molar-refractivity contribution >= 4 is 15.9 Å². The SMILES string of the molecule is Brc1ccc(OCCOCC2CNCCO2)cc1. The first-order valence-electron chi connectivity index (χ1n) is 6.13. The Balaban J connectivity index is 1.54. The van der Waals surface area contributed by atoms with E-state index >= 15 is 0 Å². The highest BCUT2D eigenvalue weighted by atomic mass is 79.9. The Labute approximate surface area is 116 Å². The summed E-state index contributed by atoms with van der Waals surface area (Å²) in [7, 11) is 0. The smallest absolute Gasteiger partial charge is 0.119 e. The number of benzene rings is 1. The van der Waals surface area contributed by atoms with E-state index in [0.717, 1.165) is 29.9 Å². The van der Waals surface area contributed by atoms with Crippen molar-refractivity contribution in [1.82, 2.24) is 5.32 Å². The van der Waals surface area contributed by atoms with Crippen LogP contribution in [0, 0.1) is 0 Å². The van der Waals surface area contributed by atoms with E-state index < -0.39 is 0 Å².